The van der Waals surface area contributed by atoms with Crippen molar-refractivity contribution in [2.24, 2.45) is 0 Å². The highest BCUT2D eigenvalue weighted by atomic mass is 32.2. The Balaban J connectivity index is 1.63. The maximum atomic E-state index is 12.1. The van der Waals surface area contributed by atoms with Crippen molar-refractivity contribution in [1.29, 1.82) is 0 Å². The molecule has 0 saturated heterocycles. The third kappa shape index (κ3) is 4.17. The van der Waals surface area contributed by atoms with Crippen LogP contribution in [-0.4, -0.2) is 21.4 Å². The van der Waals surface area contributed by atoms with Gasteiger partial charge in [-0.05, 0) is 50.6 Å². The van der Waals surface area contributed by atoms with Crippen molar-refractivity contribution in [1.82, 2.24) is 15.3 Å². The fourth-order valence-electron chi connectivity index (χ4n) is 2.31. The number of para-hydroxylation sites is 2. The zero-order chi connectivity index (χ0) is 17.2. The van der Waals surface area contributed by atoms with Gasteiger partial charge < -0.3 is 10.3 Å². The van der Waals surface area contributed by atoms with E-state index in [4.69, 9.17) is 0 Å². The van der Waals surface area contributed by atoms with Gasteiger partial charge in [0, 0.05) is 16.9 Å². The van der Waals surface area contributed by atoms with Crippen LogP contribution in [0.15, 0.2) is 53.7 Å². The first-order valence-corrected chi connectivity index (χ1v) is 8.88. The Labute approximate surface area is 146 Å². The van der Waals surface area contributed by atoms with E-state index >= 15 is 0 Å². The molecule has 124 valence electrons. The summed E-state index contributed by atoms with van der Waals surface area (Å²) in [4.78, 5) is 20.0. The fraction of sp³-hybridized carbons (Fsp3) is 0.263. The summed E-state index contributed by atoms with van der Waals surface area (Å²) in [5, 5.41) is 3.88. The molecular weight excluding hydrogens is 318 g/mol. The maximum absolute atomic E-state index is 12.1. The van der Waals surface area contributed by atoms with Crippen molar-refractivity contribution in [3.63, 3.8) is 0 Å². The second-order valence-corrected chi connectivity index (χ2v) is 7.71. The third-order valence-corrected chi connectivity index (χ3v) is 4.39. The van der Waals surface area contributed by atoms with Crippen LogP contribution in [0.5, 0.6) is 0 Å². The van der Waals surface area contributed by atoms with E-state index in [2.05, 4.69) is 15.3 Å². The molecule has 2 N–H and O–H groups in total. The minimum Gasteiger partial charge on any atom is -0.347 e. The van der Waals surface area contributed by atoms with Crippen LogP contribution in [0.4, 0.5) is 0 Å². The Hall–Kier alpha value is -2.27. The molecule has 5 heteroatoms. The summed E-state index contributed by atoms with van der Waals surface area (Å²) in [5.74, 6) is 0.764. The lowest BCUT2D eigenvalue weighted by Gasteiger charge is -2.20. The number of nitrogens with one attached hydrogen (secondary N) is 2. The second-order valence-electron chi connectivity index (χ2n) is 6.75. The molecule has 1 aromatic heterocycles. The number of H-pyrrole nitrogens is 1. The van der Waals surface area contributed by atoms with Crippen molar-refractivity contribution < 1.29 is 4.79 Å². The van der Waals surface area contributed by atoms with E-state index in [0.717, 1.165) is 27.5 Å². The van der Waals surface area contributed by atoms with Crippen LogP contribution in [-0.2, 0) is 5.75 Å². The largest absolute Gasteiger partial charge is 0.347 e. The van der Waals surface area contributed by atoms with Gasteiger partial charge in [0.15, 0.2) is 5.16 Å². The summed E-state index contributed by atoms with van der Waals surface area (Å²) >= 11 is 1.66. The summed E-state index contributed by atoms with van der Waals surface area (Å²) in [5.41, 5.74) is 3.64. The van der Waals surface area contributed by atoms with E-state index in [1.165, 1.54) is 0 Å². The third-order valence-electron chi connectivity index (χ3n) is 3.45. The van der Waals surface area contributed by atoms with Gasteiger partial charge in [-0.2, -0.15) is 0 Å². The molecule has 0 aliphatic heterocycles. The number of carbonyl (C=O) groups is 1. The lowest BCUT2D eigenvalue weighted by Crippen LogP contribution is -2.40. The highest BCUT2D eigenvalue weighted by molar-refractivity contribution is 7.98. The molecular formula is C19H21N3OS. The number of amides is 1. The van der Waals surface area contributed by atoms with E-state index in [-0.39, 0.29) is 11.4 Å². The summed E-state index contributed by atoms with van der Waals surface area (Å²) in [6, 6.07) is 15.7. The van der Waals surface area contributed by atoms with Crippen LogP contribution in [0.1, 0.15) is 36.7 Å². The predicted octanol–water partition coefficient (Wildman–Crippen LogP) is 4.38. The average molecular weight is 339 g/mol. The molecule has 0 fully saturated rings. The van der Waals surface area contributed by atoms with Gasteiger partial charge in [0.2, 0.25) is 0 Å². The number of nitrogens with zero attached hydrogens (tertiary/aromatic N) is 1. The van der Waals surface area contributed by atoms with Crippen LogP contribution in [0.3, 0.4) is 0 Å². The minimum atomic E-state index is -0.229. The normalized spacial score (nSPS) is 11.6. The zero-order valence-electron chi connectivity index (χ0n) is 14.1. The lowest BCUT2D eigenvalue weighted by molar-refractivity contribution is 0.0919. The van der Waals surface area contributed by atoms with Crippen LogP contribution in [0.2, 0.25) is 0 Å². The van der Waals surface area contributed by atoms with E-state index in [9.17, 15) is 4.79 Å². The van der Waals surface area contributed by atoms with E-state index < -0.39 is 0 Å². The number of imidazole rings is 1. The topological polar surface area (TPSA) is 57.8 Å². The van der Waals surface area contributed by atoms with Crippen LogP contribution in [0, 0.1) is 0 Å². The molecule has 0 saturated carbocycles. The van der Waals surface area contributed by atoms with E-state index in [1.807, 2.05) is 69.3 Å². The molecule has 3 aromatic rings. The Morgan fingerprint density at radius 1 is 1.12 bits per heavy atom. The number of fused-ring (bicyclic) bond motifs is 1. The van der Waals surface area contributed by atoms with Gasteiger partial charge in [0.05, 0.1) is 11.0 Å². The molecule has 0 aliphatic carbocycles. The molecule has 0 unspecified atom stereocenters. The highest BCUT2D eigenvalue weighted by Crippen LogP contribution is 2.23. The molecule has 3 rings (SSSR count). The van der Waals surface area contributed by atoms with Gasteiger partial charge in [-0.3, -0.25) is 4.79 Å². The first-order valence-electron chi connectivity index (χ1n) is 7.90. The van der Waals surface area contributed by atoms with Gasteiger partial charge in [0.1, 0.15) is 0 Å². The first-order chi connectivity index (χ1) is 11.4. The number of thioether (sulfide) groups is 1. The van der Waals surface area contributed by atoms with Crippen molar-refractivity contribution in [3.05, 3.63) is 59.7 Å². The monoisotopic (exact) mass is 339 g/mol. The number of aromatic nitrogens is 2. The molecule has 2 aromatic carbocycles. The van der Waals surface area contributed by atoms with Crippen molar-refractivity contribution >= 4 is 28.7 Å². The zero-order valence-corrected chi connectivity index (χ0v) is 14.9. The Bertz CT molecular complexity index is 814. The summed E-state index contributed by atoms with van der Waals surface area (Å²) in [6.07, 6.45) is 0. The van der Waals surface area contributed by atoms with Gasteiger partial charge in [-0.15, -0.1) is 0 Å². The Morgan fingerprint density at radius 2 is 1.83 bits per heavy atom. The van der Waals surface area contributed by atoms with E-state index in [1.54, 1.807) is 11.8 Å². The molecule has 0 aliphatic rings. The van der Waals surface area contributed by atoms with Gasteiger partial charge in [0.25, 0.3) is 5.91 Å². The van der Waals surface area contributed by atoms with E-state index in [0.29, 0.717) is 5.56 Å². The SMILES string of the molecule is CC(C)(C)NC(=O)c1ccc(CSc2nc3ccccc3[nH]2)cc1. The molecule has 0 radical (unpaired) electrons. The van der Waals surface area contributed by atoms with Crippen LogP contribution in [0.25, 0.3) is 11.0 Å². The predicted molar refractivity (Wildman–Crippen MR) is 99.3 cm³/mol. The highest BCUT2D eigenvalue weighted by Gasteiger charge is 2.15. The average Bonchev–Trinajstić information content (AvgIpc) is 2.94. The first kappa shape index (κ1) is 16.6. The van der Waals surface area contributed by atoms with Crippen molar-refractivity contribution in [2.45, 2.75) is 37.2 Å². The number of benzene rings is 2. The van der Waals surface area contributed by atoms with Crippen molar-refractivity contribution in [2.75, 3.05) is 0 Å². The molecule has 4 nitrogen and oxygen atoms in total. The number of carbonyl (C=O) groups excluding carboxylic acids is 1. The standard InChI is InChI=1S/C19H21N3OS/c1-19(2,3)22-17(23)14-10-8-13(9-11-14)12-24-18-20-15-6-4-5-7-16(15)21-18/h4-11H,12H2,1-3H3,(H,20,21)(H,22,23). The van der Waals surface area contributed by atoms with Gasteiger partial charge in [-0.25, -0.2) is 4.98 Å². The van der Waals surface area contributed by atoms with Crippen LogP contribution >= 0.6 is 11.8 Å². The summed E-state index contributed by atoms with van der Waals surface area (Å²) in [6.45, 7) is 5.93. The number of aromatic amines is 1. The molecule has 0 spiro atoms. The molecule has 0 atom stereocenters. The molecule has 0 bridgehead atoms. The molecule has 24 heavy (non-hydrogen) atoms. The smallest absolute Gasteiger partial charge is 0.251 e. The van der Waals surface area contributed by atoms with Crippen molar-refractivity contribution in [3.8, 4) is 0 Å². The fourth-order valence-corrected chi connectivity index (χ4v) is 3.16. The Morgan fingerprint density at radius 3 is 2.50 bits per heavy atom. The summed E-state index contributed by atoms with van der Waals surface area (Å²) < 4.78 is 0. The maximum Gasteiger partial charge on any atom is 0.251 e. The van der Waals surface area contributed by atoms with Crippen LogP contribution < -0.4 is 5.32 Å². The quantitative estimate of drug-likeness (QED) is 0.693. The van der Waals surface area contributed by atoms with Gasteiger partial charge in [-0.1, -0.05) is 36.0 Å². The van der Waals surface area contributed by atoms with Gasteiger partial charge >= 0.3 is 0 Å². The summed E-state index contributed by atoms with van der Waals surface area (Å²) in [7, 11) is 0. The Kier molecular flexibility index (Phi) is 4.62. The molecule has 1 heterocycles. The number of hydrogen-bond acceptors (Lipinski definition) is 3. The molecule has 1 amide bonds. The number of hydrogen-bond donors (Lipinski definition) is 2. The second kappa shape index (κ2) is 6.69. The number of rotatable bonds is 4. The minimum absolute atomic E-state index is 0.0426. The lowest BCUT2D eigenvalue weighted by atomic mass is 10.1.